The van der Waals surface area contributed by atoms with Gasteiger partial charge < -0.3 is 29.3 Å². The molecule has 9 nitrogen and oxygen atoms in total. The number of ether oxygens (including phenoxy) is 2. The topological polar surface area (TPSA) is 95.4 Å². The van der Waals surface area contributed by atoms with Gasteiger partial charge in [0, 0.05) is 48.6 Å². The van der Waals surface area contributed by atoms with Gasteiger partial charge in [0.05, 0.1) is 17.3 Å². The molecule has 44 heavy (non-hydrogen) atoms. The SMILES string of the molecule is C=C1C2COC(=O)[C@@H](O)C2CC2c3nc4ccc(OC(=O)N5CCC(N6CCCCC6)CC5)cc4c(CC)c3CN12.CCC. The van der Waals surface area contributed by atoms with Crippen molar-refractivity contribution in [1.82, 2.24) is 19.7 Å². The molecule has 0 spiro atoms. The number of aromatic nitrogens is 1. The fourth-order valence-electron chi connectivity index (χ4n) is 8.00. The Balaban J connectivity index is 0.00000110. The Morgan fingerprint density at radius 2 is 1.84 bits per heavy atom. The maximum absolute atomic E-state index is 13.1. The Hall–Kier alpha value is -3.17. The zero-order chi connectivity index (χ0) is 31.0. The Bertz CT molecular complexity index is 1400. The number of aliphatic hydroxyl groups excluding tert-OH is 1. The van der Waals surface area contributed by atoms with E-state index in [0.29, 0.717) is 24.8 Å². The highest BCUT2D eigenvalue weighted by Gasteiger charge is 2.50. The maximum Gasteiger partial charge on any atom is 0.415 e. The van der Waals surface area contributed by atoms with Crippen LogP contribution in [0, 0.1) is 11.8 Å². The Morgan fingerprint density at radius 1 is 1.11 bits per heavy atom. The molecule has 1 aromatic heterocycles. The van der Waals surface area contributed by atoms with Crippen LogP contribution in [-0.2, 0) is 22.5 Å². The summed E-state index contributed by atoms with van der Waals surface area (Å²) in [5.41, 5.74) is 5.14. The highest BCUT2D eigenvalue weighted by molar-refractivity contribution is 5.86. The third-order valence-corrected chi connectivity index (χ3v) is 10.3. The van der Waals surface area contributed by atoms with E-state index in [9.17, 15) is 14.7 Å². The largest absolute Gasteiger partial charge is 0.463 e. The number of rotatable bonds is 3. The number of nitrogens with zero attached hydrogens (tertiary/aromatic N) is 4. The molecule has 1 amide bonds. The first-order valence-corrected chi connectivity index (χ1v) is 16.8. The molecule has 1 N–H and O–H groups in total. The van der Waals surface area contributed by atoms with E-state index in [1.165, 1.54) is 49.9 Å². The van der Waals surface area contributed by atoms with Gasteiger partial charge in [0.15, 0.2) is 6.10 Å². The van der Waals surface area contributed by atoms with Gasteiger partial charge in [-0.2, -0.15) is 0 Å². The first-order chi connectivity index (χ1) is 21.3. The van der Waals surface area contributed by atoms with Gasteiger partial charge in [-0.15, -0.1) is 0 Å². The summed E-state index contributed by atoms with van der Waals surface area (Å²) in [6.07, 6.45) is 7.21. The highest BCUT2D eigenvalue weighted by atomic mass is 16.6. The molecule has 5 aliphatic heterocycles. The lowest BCUT2D eigenvalue weighted by Gasteiger charge is -2.46. The van der Waals surface area contributed by atoms with Crippen LogP contribution in [0.5, 0.6) is 5.75 Å². The summed E-state index contributed by atoms with van der Waals surface area (Å²) in [6, 6.07) is 6.29. The summed E-state index contributed by atoms with van der Waals surface area (Å²) in [6.45, 7) is 15.5. The molecular formula is C35H48N4O5. The third kappa shape index (κ3) is 5.69. The summed E-state index contributed by atoms with van der Waals surface area (Å²) in [4.78, 5) is 37.0. The number of aryl methyl sites for hydroxylation is 1. The van der Waals surface area contributed by atoms with Crippen molar-refractivity contribution >= 4 is 23.0 Å². The van der Waals surface area contributed by atoms with Crippen LogP contribution in [0.3, 0.4) is 0 Å². The average Bonchev–Trinajstić information content (AvgIpc) is 3.41. The second-order valence-corrected chi connectivity index (χ2v) is 13.1. The van der Waals surface area contributed by atoms with Crippen LogP contribution in [0.15, 0.2) is 30.5 Å². The minimum atomic E-state index is -1.13. The van der Waals surface area contributed by atoms with Gasteiger partial charge in [-0.05, 0) is 80.9 Å². The molecule has 0 radical (unpaired) electrons. The highest BCUT2D eigenvalue weighted by Crippen LogP contribution is 2.51. The number of hydrogen-bond acceptors (Lipinski definition) is 8. The Morgan fingerprint density at radius 3 is 2.55 bits per heavy atom. The third-order valence-electron chi connectivity index (χ3n) is 10.3. The predicted octanol–water partition coefficient (Wildman–Crippen LogP) is 5.59. The van der Waals surface area contributed by atoms with E-state index >= 15 is 0 Å². The van der Waals surface area contributed by atoms with E-state index in [2.05, 4.69) is 37.1 Å². The molecule has 0 bridgehead atoms. The van der Waals surface area contributed by atoms with Crippen molar-refractivity contribution in [2.75, 3.05) is 32.8 Å². The molecule has 6 heterocycles. The van der Waals surface area contributed by atoms with Crippen molar-refractivity contribution in [1.29, 1.82) is 0 Å². The smallest absolute Gasteiger partial charge is 0.415 e. The van der Waals surface area contributed by atoms with Gasteiger partial charge in [0.25, 0.3) is 0 Å². The van der Waals surface area contributed by atoms with E-state index in [0.717, 1.165) is 54.6 Å². The summed E-state index contributed by atoms with van der Waals surface area (Å²) in [7, 11) is 0. The fourth-order valence-corrected chi connectivity index (χ4v) is 8.00. The van der Waals surface area contributed by atoms with E-state index in [4.69, 9.17) is 14.5 Å². The lowest BCUT2D eigenvalue weighted by molar-refractivity contribution is -0.172. The number of piperidine rings is 3. The maximum atomic E-state index is 13.1. The number of amides is 1. The van der Waals surface area contributed by atoms with Crippen LogP contribution in [-0.4, -0.2) is 81.8 Å². The lowest BCUT2D eigenvalue weighted by atomic mass is 9.75. The normalized spacial score (nSPS) is 27.2. The zero-order valence-corrected chi connectivity index (χ0v) is 26.6. The molecule has 2 aromatic rings. The van der Waals surface area contributed by atoms with Crippen molar-refractivity contribution < 1.29 is 24.2 Å². The summed E-state index contributed by atoms with van der Waals surface area (Å²) < 4.78 is 11.2. The summed E-state index contributed by atoms with van der Waals surface area (Å²) in [5.74, 6) is -0.296. The molecule has 4 atom stereocenters. The van der Waals surface area contributed by atoms with E-state index in [1.54, 1.807) is 0 Å². The van der Waals surface area contributed by atoms with Gasteiger partial charge in [-0.25, -0.2) is 9.59 Å². The number of carbonyl (C=O) groups is 2. The van der Waals surface area contributed by atoms with Gasteiger partial charge in [-0.3, -0.25) is 4.98 Å². The number of carbonyl (C=O) groups excluding carboxylic acids is 2. The van der Waals surface area contributed by atoms with Crippen molar-refractivity contribution in [3.63, 3.8) is 0 Å². The number of hydrogen-bond donors (Lipinski definition) is 1. The van der Waals surface area contributed by atoms with Gasteiger partial charge in [0.2, 0.25) is 0 Å². The van der Waals surface area contributed by atoms with Crippen LogP contribution in [0.4, 0.5) is 4.79 Å². The summed E-state index contributed by atoms with van der Waals surface area (Å²) in [5, 5.41) is 11.6. The van der Waals surface area contributed by atoms with Crippen LogP contribution in [0.2, 0.25) is 0 Å². The first kappa shape index (κ1) is 30.8. The average molecular weight is 605 g/mol. The predicted molar refractivity (Wildman–Crippen MR) is 169 cm³/mol. The van der Waals surface area contributed by atoms with Crippen LogP contribution < -0.4 is 4.74 Å². The minimum absolute atomic E-state index is 0.0284. The van der Waals surface area contributed by atoms with Crippen molar-refractivity contribution in [3.05, 3.63) is 47.3 Å². The molecule has 4 fully saturated rings. The van der Waals surface area contributed by atoms with Crippen molar-refractivity contribution in [2.45, 2.75) is 96.9 Å². The molecule has 1 aromatic carbocycles. The number of cyclic esters (lactones) is 1. The van der Waals surface area contributed by atoms with Gasteiger partial charge in [-0.1, -0.05) is 40.2 Å². The number of likely N-dealkylation sites (tertiary alicyclic amines) is 2. The van der Waals surface area contributed by atoms with Crippen molar-refractivity contribution in [3.8, 4) is 5.75 Å². The number of aliphatic hydroxyl groups is 1. The van der Waals surface area contributed by atoms with E-state index in [1.807, 2.05) is 23.1 Å². The first-order valence-electron chi connectivity index (χ1n) is 16.8. The summed E-state index contributed by atoms with van der Waals surface area (Å²) >= 11 is 0. The number of pyridine rings is 1. The second-order valence-electron chi connectivity index (χ2n) is 13.1. The fraction of sp³-hybridized carbons (Fsp3) is 0.629. The van der Waals surface area contributed by atoms with Crippen LogP contribution in [0.1, 0.15) is 88.6 Å². The quantitative estimate of drug-likeness (QED) is 0.454. The number of esters is 1. The molecule has 9 heteroatoms. The molecule has 238 valence electrons. The monoisotopic (exact) mass is 604 g/mol. The van der Waals surface area contributed by atoms with Gasteiger partial charge in [0.1, 0.15) is 12.4 Å². The Kier molecular flexibility index (Phi) is 9.15. The van der Waals surface area contributed by atoms with E-state index < -0.39 is 12.1 Å². The second kappa shape index (κ2) is 13.1. The van der Waals surface area contributed by atoms with Crippen LogP contribution in [0.25, 0.3) is 10.9 Å². The molecular weight excluding hydrogens is 556 g/mol. The minimum Gasteiger partial charge on any atom is -0.463 e. The number of benzene rings is 1. The molecule has 0 saturated carbocycles. The molecule has 5 aliphatic rings. The molecule has 4 saturated heterocycles. The molecule has 0 aliphatic carbocycles. The van der Waals surface area contributed by atoms with Crippen LogP contribution >= 0.6 is 0 Å². The molecule has 3 unspecified atom stereocenters. The van der Waals surface area contributed by atoms with E-state index in [-0.39, 0.29) is 30.6 Å². The van der Waals surface area contributed by atoms with Gasteiger partial charge >= 0.3 is 12.1 Å². The lowest BCUT2D eigenvalue weighted by Crippen LogP contribution is -2.50. The number of fused-ring (bicyclic) bond motifs is 5. The van der Waals surface area contributed by atoms with Crippen molar-refractivity contribution in [2.24, 2.45) is 11.8 Å². The zero-order valence-electron chi connectivity index (χ0n) is 26.6. The standard InChI is InChI=1S/C32H40N4O5.C3H8/c1-3-22-23-15-21(41-32(39)35-13-9-20(10-14-35)34-11-5-4-6-12-34)7-8-27(23)33-29-25(22)17-36-19(2)26-18-40-31(38)30(37)24(26)16-28(29)36;1-3-2/h7-8,15,20,24,26,28,30,37H,2-6,9-14,16-18H2,1H3;3H2,1-2H3/t24?,26?,28?,30-;/m0./s1. The Labute approximate surface area is 261 Å². The molecule has 7 rings (SSSR count).